The lowest BCUT2D eigenvalue weighted by atomic mass is 10.1. The highest BCUT2D eigenvalue weighted by Crippen LogP contribution is 2.18. The molecule has 0 radical (unpaired) electrons. The lowest BCUT2D eigenvalue weighted by Gasteiger charge is -2.21. The molecule has 0 spiro atoms. The van der Waals surface area contributed by atoms with Gasteiger partial charge < -0.3 is 15.2 Å². The highest BCUT2D eigenvalue weighted by molar-refractivity contribution is 5.29. The van der Waals surface area contributed by atoms with E-state index in [1.807, 2.05) is 19.1 Å². The summed E-state index contributed by atoms with van der Waals surface area (Å²) >= 11 is 0. The lowest BCUT2D eigenvalue weighted by Crippen LogP contribution is -2.31. The molecule has 1 aromatic rings. The van der Waals surface area contributed by atoms with Crippen LogP contribution in [0.2, 0.25) is 0 Å². The van der Waals surface area contributed by atoms with Gasteiger partial charge in [0.2, 0.25) is 0 Å². The standard InChI is InChI=1S/C16H27NO2/c1-5-10-19-16-8-6-15(7-9-16)14(4)17-12(2)11-13(3)18/h6-9,12-14,17-18H,5,10-11H2,1-4H3. The molecule has 108 valence electrons. The van der Waals surface area contributed by atoms with Gasteiger partial charge in [-0.2, -0.15) is 0 Å². The molecule has 0 aromatic heterocycles. The Morgan fingerprint density at radius 2 is 1.79 bits per heavy atom. The summed E-state index contributed by atoms with van der Waals surface area (Å²) in [6.45, 7) is 8.92. The first-order valence-electron chi connectivity index (χ1n) is 7.19. The summed E-state index contributed by atoms with van der Waals surface area (Å²) < 4.78 is 5.57. The van der Waals surface area contributed by atoms with Crippen LogP contribution in [0, 0.1) is 0 Å². The summed E-state index contributed by atoms with van der Waals surface area (Å²) in [5, 5.41) is 12.9. The van der Waals surface area contributed by atoms with Crippen molar-refractivity contribution < 1.29 is 9.84 Å². The second kappa shape index (κ2) is 8.18. The molecule has 0 saturated heterocycles. The molecule has 19 heavy (non-hydrogen) atoms. The van der Waals surface area contributed by atoms with E-state index < -0.39 is 0 Å². The number of aliphatic hydroxyl groups is 1. The molecule has 0 heterocycles. The molecule has 3 atom stereocenters. The van der Waals surface area contributed by atoms with Crippen molar-refractivity contribution in [2.45, 2.75) is 58.7 Å². The van der Waals surface area contributed by atoms with Gasteiger partial charge in [0.05, 0.1) is 12.7 Å². The predicted molar refractivity (Wildman–Crippen MR) is 79.5 cm³/mol. The van der Waals surface area contributed by atoms with Crippen LogP contribution in [0.15, 0.2) is 24.3 Å². The Hall–Kier alpha value is -1.06. The number of hydrogen-bond acceptors (Lipinski definition) is 3. The molecule has 0 aliphatic heterocycles. The van der Waals surface area contributed by atoms with Crippen LogP contribution in [-0.4, -0.2) is 23.9 Å². The fraction of sp³-hybridized carbons (Fsp3) is 0.625. The molecular weight excluding hydrogens is 238 g/mol. The predicted octanol–water partition coefficient (Wildman–Crippen LogP) is 3.29. The fourth-order valence-corrected chi connectivity index (χ4v) is 2.18. The molecule has 0 fully saturated rings. The first-order valence-corrected chi connectivity index (χ1v) is 7.19. The number of aliphatic hydroxyl groups excluding tert-OH is 1. The highest BCUT2D eigenvalue weighted by Gasteiger charge is 2.11. The Kier molecular flexibility index (Phi) is 6.89. The van der Waals surface area contributed by atoms with Crippen LogP contribution in [0.4, 0.5) is 0 Å². The van der Waals surface area contributed by atoms with Gasteiger partial charge in [-0.25, -0.2) is 0 Å². The van der Waals surface area contributed by atoms with Gasteiger partial charge in [-0.15, -0.1) is 0 Å². The van der Waals surface area contributed by atoms with Crippen molar-refractivity contribution in [2.75, 3.05) is 6.61 Å². The Bertz CT molecular complexity index is 348. The van der Waals surface area contributed by atoms with Gasteiger partial charge in [0.25, 0.3) is 0 Å². The number of ether oxygens (including phenoxy) is 1. The molecule has 3 unspecified atom stereocenters. The van der Waals surface area contributed by atoms with Crippen molar-refractivity contribution in [2.24, 2.45) is 0 Å². The van der Waals surface area contributed by atoms with Crippen molar-refractivity contribution in [3.05, 3.63) is 29.8 Å². The van der Waals surface area contributed by atoms with Crippen LogP contribution in [0.1, 0.15) is 52.1 Å². The molecule has 0 aliphatic carbocycles. The zero-order valence-corrected chi connectivity index (χ0v) is 12.5. The third-order valence-electron chi connectivity index (χ3n) is 3.08. The van der Waals surface area contributed by atoms with Crippen molar-refractivity contribution >= 4 is 0 Å². The van der Waals surface area contributed by atoms with E-state index in [-0.39, 0.29) is 12.1 Å². The highest BCUT2D eigenvalue weighted by atomic mass is 16.5. The second-order valence-corrected chi connectivity index (χ2v) is 5.29. The molecule has 0 bridgehead atoms. The van der Waals surface area contributed by atoms with Gasteiger partial charge in [0.15, 0.2) is 0 Å². The molecule has 3 heteroatoms. The van der Waals surface area contributed by atoms with Gasteiger partial charge in [-0.3, -0.25) is 0 Å². The van der Waals surface area contributed by atoms with E-state index in [0.717, 1.165) is 25.2 Å². The maximum absolute atomic E-state index is 9.37. The Morgan fingerprint density at radius 3 is 2.32 bits per heavy atom. The summed E-state index contributed by atoms with van der Waals surface area (Å²) in [5.74, 6) is 0.926. The molecule has 2 N–H and O–H groups in total. The average molecular weight is 265 g/mol. The largest absolute Gasteiger partial charge is 0.494 e. The van der Waals surface area contributed by atoms with E-state index in [1.165, 1.54) is 5.56 Å². The monoisotopic (exact) mass is 265 g/mol. The van der Waals surface area contributed by atoms with E-state index >= 15 is 0 Å². The third kappa shape index (κ3) is 6.08. The quantitative estimate of drug-likeness (QED) is 0.758. The van der Waals surface area contributed by atoms with Crippen molar-refractivity contribution in [3.8, 4) is 5.75 Å². The van der Waals surface area contributed by atoms with E-state index in [9.17, 15) is 5.11 Å². The van der Waals surface area contributed by atoms with E-state index in [0.29, 0.717) is 6.04 Å². The average Bonchev–Trinajstić information content (AvgIpc) is 2.35. The van der Waals surface area contributed by atoms with Crippen LogP contribution in [0.25, 0.3) is 0 Å². The van der Waals surface area contributed by atoms with Gasteiger partial charge in [0.1, 0.15) is 5.75 Å². The smallest absolute Gasteiger partial charge is 0.119 e. The minimum absolute atomic E-state index is 0.264. The molecule has 1 rings (SSSR count). The van der Waals surface area contributed by atoms with Crippen molar-refractivity contribution in [1.29, 1.82) is 0 Å². The SMILES string of the molecule is CCCOc1ccc(C(C)NC(C)CC(C)O)cc1. The van der Waals surface area contributed by atoms with Crippen molar-refractivity contribution in [3.63, 3.8) is 0 Å². The van der Waals surface area contributed by atoms with Crippen molar-refractivity contribution in [1.82, 2.24) is 5.32 Å². The number of rotatable bonds is 8. The third-order valence-corrected chi connectivity index (χ3v) is 3.08. The van der Waals surface area contributed by atoms with Gasteiger partial charge in [-0.05, 0) is 51.3 Å². The van der Waals surface area contributed by atoms with Gasteiger partial charge >= 0.3 is 0 Å². The summed E-state index contributed by atoms with van der Waals surface area (Å²) in [5.41, 5.74) is 1.24. The summed E-state index contributed by atoms with van der Waals surface area (Å²) in [4.78, 5) is 0. The Labute approximate surface area is 117 Å². The summed E-state index contributed by atoms with van der Waals surface area (Å²) in [7, 11) is 0. The van der Waals surface area contributed by atoms with E-state index in [4.69, 9.17) is 4.74 Å². The molecular formula is C16H27NO2. The van der Waals surface area contributed by atoms with Gasteiger partial charge in [0, 0.05) is 12.1 Å². The van der Waals surface area contributed by atoms with Crippen LogP contribution in [0.5, 0.6) is 5.75 Å². The van der Waals surface area contributed by atoms with Gasteiger partial charge in [-0.1, -0.05) is 19.1 Å². The summed E-state index contributed by atoms with van der Waals surface area (Å²) in [6, 6.07) is 8.79. The minimum Gasteiger partial charge on any atom is -0.494 e. The number of nitrogens with one attached hydrogen (secondary N) is 1. The maximum Gasteiger partial charge on any atom is 0.119 e. The fourth-order valence-electron chi connectivity index (χ4n) is 2.18. The van der Waals surface area contributed by atoms with E-state index in [2.05, 4.69) is 38.2 Å². The van der Waals surface area contributed by atoms with Crippen LogP contribution in [-0.2, 0) is 0 Å². The normalized spacial score (nSPS) is 15.8. The molecule has 0 amide bonds. The Balaban J connectivity index is 2.50. The van der Waals surface area contributed by atoms with Crippen LogP contribution < -0.4 is 10.1 Å². The molecule has 3 nitrogen and oxygen atoms in total. The minimum atomic E-state index is -0.264. The molecule has 0 saturated carbocycles. The zero-order chi connectivity index (χ0) is 14.3. The maximum atomic E-state index is 9.37. The second-order valence-electron chi connectivity index (χ2n) is 5.29. The Morgan fingerprint density at radius 1 is 1.16 bits per heavy atom. The van der Waals surface area contributed by atoms with Crippen LogP contribution >= 0.6 is 0 Å². The zero-order valence-electron chi connectivity index (χ0n) is 12.5. The number of benzene rings is 1. The first-order chi connectivity index (χ1) is 9.02. The molecule has 0 aliphatic rings. The summed E-state index contributed by atoms with van der Waals surface area (Å²) in [6.07, 6.45) is 1.53. The number of hydrogen-bond donors (Lipinski definition) is 2. The molecule has 1 aromatic carbocycles. The lowest BCUT2D eigenvalue weighted by molar-refractivity contribution is 0.168. The first kappa shape index (κ1) is 16.0. The van der Waals surface area contributed by atoms with Crippen LogP contribution in [0.3, 0.4) is 0 Å². The topological polar surface area (TPSA) is 41.5 Å². The van der Waals surface area contributed by atoms with E-state index in [1.54, 1.807) is 0 Å².